The highest BCUT2D eigenvalue weighted by molar-refractivity contribution is 7.13. The Hall–Kier alpha value is -2.60. The Morgan fingerprint density at radius 3 is 2.62 bits per heavy atom. The lowest BCUT2D eigenvalue weighted by molar-refractivity contribution is 0.0953. The molecule has 3 rings (SSSR count). The molecule has 0 fully saturated rings. The summed E-state index contributed by atoms with van der Waals surface area (Å²) >= 11 is 1.55. The third kappa shape index (κ3) is 3.83. The lowest BCUT2D eigenvalue weighted by Crippen LogP contribution is -2.25. The molecule has 24 heavy (non-hydrogen) atoms. The summed E-state index contributed by atoms with van der Waals surface area (Å²) in [4.78, 5) is 16.4. The van der Waals surface area contributed by atoms with E-state index in [9.17, 15) is 13.6 Å². The first kappa shape index (κ1) is 16.3. The zero-order valence-corrected chi connectivity index (χ0v) is 13.4. The number of aromatic nitrogens is 1. The first-order valence-corrected chi connectivity index (χ1v) is 8.24. The minimum atomic E-state index is -1.03. The summed E-state index contributed by atoms with van der Waals surface area (Å²) in [6.07, 6.45) is 0.568. The zero-order valence-electron chi connectivity index (χ0n) is 12.6. The summed E-state index contributed by atoms with van der Waals surface area (Å²) in [6, 6.07) is 12.9. The number of thiazole rings is 1. The van der Waals surface area contributed by atoms with Gasteiger partial charge < -0.3 is 5.32 Å². The number of halogens is 2. The maximum absolute atomic E-state index is 13.1. The van der Waals surface area contributed by atoms with E-state index < -0.39 is 17.5 Å². The van der Waals surface area contributed by atoms with Crippen molar-refractivity contribution in [2.75, 3.05) is 6.54 Å². The van der Waals surface area contributed by atoms with E-state index in [2.05, 4.69) is 10.3 Å². The molecule has 0 aliphatic rings. The molecular weight excluding hydrogens is 330 g/mol. The fourth-order valence-electron chi connectivity index (χ4n) is 2.18. The van der Waals surface area contributed by atoms with E-state index in [-0.39, 0.29) is 5.56 Å². The first-order chi connectivity index (χ1) is 11.6. The van der Waals surface area contributed by atoms with E-state index in [4.69, 9.17) is 0 Å². The Labute approximate surface area is 142 Å². The molecule has 1 heterocycles. The van der Waals surface area contributed by atoms with Crippen molar-refractivity contribution in [1.82, 2.24) is 10.3 Å². The van der Waals surface area contributed by atoms with Crippen molar-refractivity contribution in [1.29, 1.82) is 0 Å². The van der Waals surface area contributed by atoms with Crippen LogP contribution < -0.4 is 5.32 Å². The van der Waals surface area contributed by atoms with Gasteiger partial charge in [0.15, 0.2) is 11.6 Å². The fraction of sp³-hybridized carbons (Fsp3) is 0.111. The van der Waals surface area contributed by atoms with Crippen LogP contribution in [0.5, 0.6) is 0 Å². The Morgan fingerprint density at radius 2 is 1.88 bits per heavy atom. The molecule has 0 atom stereocenters. The number of hydrogen-bond acceptors (Lipinski definition) is 3. The number of nitrogens with zero attached hydrogens (tertiary/aromatic N) is 1. The number of amides is 1. The maximum Gasteiger partial charge on any atom is 0.251 e. The van der Waals surface area contributed by atoms with Crippen LogP contribution in [-0.4, -0.2) is 17.4 Å². The van der Waals surface area contributed by atoms with Gasteiger partial charge in [0.2, 0.25) is 0 Å². The van der Waals surface area contributed by atoms with Crippen LogP contribution in [0, 0.1) is 11.6 Å². The molecule has 2 aromatic carbocycles. The number of benzene rings is 2. The number of carbonyl (C=O) groups excluding carboxylic acids is 1. The highest BCUT2D eigenvalue weighted by atomic mass is 32.1. The van der Waals surface area contributed by atoms with Crippen LogP contribution in [0.1, 0.15) is 16.1 Å². The van der Waals surface area contributed by atoms with Crippen molar-refractivity contribution in [2.24, 2.45) is 0 Å². The van der Waals surface area contributed by atoms with Gasteiger partial charge in [0.1, 0.15) is 5.01 Å². The quantitative estimate of drug-likeness (QED) is 0.758. The minimum absolute atomic E-state index is 0.0946. The van der Waals surface area contributed by atoms with Gasteiger partial charge in [0.25, 0.3) is 5.91 Å². The monoisotopic (exact) mass is 344 g/mol. The molecule has 122 valence electrons. The Morgan fingerprint density at radius 1 is 1.08 bits per heavy atom. The van der Waals surface area contributed by atoms with Gasteiger partial charge in [-0.25, -0.2) is 13.8 Å². The van der Waals surface area contributed by atoms with E-state index >= 15 is 0 Å². The number of carbonyl (C=O) groups is 1. The summed E-state index contributed by atoms with van der Waals surface area (Å²) in [6.45, 7) is 0.371. The van der Waals surface area contributed by atoms with Crippen molar-refractivity contribution in [3.8, 4) is 10.6 Å². The second-order valence-corrected chi connectivity index (χ2v) is 6.00. The molecule has 6 heteroatoms. The summed E-state index contributed by atoms with van der Waals surface area (Å²) in [5.41, 5.74) is 2.03. The summed E-state index contributed by atoms with van der Waals surface area (Å²) in [5.74, 6) is -2.44. The predicted octanol–water partition coefficient (Wildman–Crippen LogP) is 4.06. The van der Waals surface area contributed by atoms with E-state index in [0.717, 1.165) is 28.4 Å². The summed E-state index contributed by atoms with van der Waals surface area (Å²) < 4.78 is 26.0. The van der Waals surface area contributed by atoms with Gasteiger partial charge in [-0.1, -0.05) is 30.3 Å². The van der Waals surface area contributed by atoms with E-state index in [0.29, 0.717) is 13.0 Å². The van der Waals surface area contributed by atoms with E-state index in [1.807, 2.05) is 35.7 Å². The van der Waals surface area contributed by atoms with Crippen LogP contribution in [0.4, 0.5) is 8.78 Å². The molecule has 0 spiro atoms. The molecule has 0 saturated carbocycles. The normalized spacial score (nSPS) is 10.6. The van der Waals surface area contributed by atoms with Gasteiger partial charge >= 0.3 is 0 Å². The number of rotatable bonds is 5. The summed E-state index contributed by atoms with van der Waals surface area (Å²) in [7, 11) is 0. The van der Waals surface area contributed by atoms with Crippen LogP contribution in [0.2, 0.25) is 0 Å². The van der Waals surface area contributed by atoms with Crippen LogP contribution in [0.25, 0.3) is 10.6 Å². The molecule has 1 N–H and O–H groups in total. The Bertz CT molecular complexity index is 849. The molecule has 0 aliphatic carbocycles. The van der Waals surface area contributed by atoms with Gasteiger partial charge in [-0.3, -0.25) is 4.79 Å². The average molecular weight is 344 g/mol. The van der Waals surface area contributed by atoms with Crippen LogP contribution in [-0.2, 0) is 6.42 Å². The largest absolute Gasteiger partial charge is 0.352 e. The predicted molar refractivity (Wildman–Crippen MR) is 89.9 cm³/mol. The van der Waals surface area contributed by atoms with Crippen molar-refractivity contribution < 1.29 is 13.6 Å². The first-order valence-electron chi connectivity index (χ1n) is 7.36. The van der Waals surface area contributed by atoms with Crippen molar-refractivity contribution in [2.45, 2.75) is 6.42 Å². The van der Waals surface area contributed by atoms with Gasteiger partial charge in [-0.05, 0) is 18.2 Å². The van der Waals surface area contributed by atoms with Crippen molar-refractivity contribution >= 4 is 17.2 Å². The van der Waals surface area contributed by atoms with Crippen molar-refractivity contribution in [3.63, 3.8) is 0 Å². The molecule has 0 unspecified atom stereocenters. The van der Waals surface area contributed by atoms with Crippen molar-refractivity contribution in [3.05, 3.63) is 76.8 Å². The average Bonchev–Trinajstić information content (AvgIpc) is 3.07. The second kappa shape index (κ2) is 7.31. The second-order valence-electron chi connectivity index (χ2n) is 5.14. The molecule has 0 bridgehead atoms. The molecule has 0 aliphatic heterocycles. The molecule has 1 amide bonds. The Balaban J connectivity index is 1.56. The molecule has 3 nitrogen and oxygen atoms in total. The molecule has 0 saturated heterocycles. The van der Waals surface area contributed by atoms with Crippen LogP contribution >= 0.6 is 11.3 Å². The lowest BCUT2D eigenvalue weighted by Gasteiger charge is -2.04. The SMILES string of the molecule is O=C(NCCc1csc(-c2ccccc2)n1)c1ccc(F)c(F)c1. The highest BCUT2D eigenvalue weighted by Gasteiger charge is 2.10. The summed E-state index contributed by atoms with van der Waals surface area (Å²) in [5, 5.41) is 5.56. The fourth-order valence-corrected chi connectivity index (χ4v) is 3.04. The minimum Gasteiger partial charge on any atom is -0.352 e. The Kier molecular flexibility index (Phi) is 4.96. The van der Waals surface area contributed by atoms with Crippen LogP contribution in [0.3, 0.4) is 0 Å². The number of hydrogen-bond donors (Lipinski definition) is 1. The van der Waals surface area contributed by atoms with Gasteiger partial charge in [-0.2, -0.15) is 0 Å². The molecule has 1 aromatic heterocycles. The third-order valence-corrected chi connectivity index (χ3v) is 4.36. The number of nitrogens with one attached hydrogen (secondary N) is 1. The lowest BCUT2D eigenvalue weighted by atomic mass is 10.2. The standard InChI is InChI=1S/C18H14F2N2OS/c19-15-7-6-13(10-16(15)20)17(23)21-9-8-14-11-24-18(22-14)12-4-2-1-3-5-12/h1-7,10-11H,8-9H2,(H,21,23). The molecule has 0 radical (unpaired) electrons. The van der Waals surface area contributed by atoms with E-state index in [1.165, 1.54) is 6.07 Å². The van der Waals surface area contributed by atoms with Gasteiger partial charge in [0.05, 0.1) is 5.69 Å². The smallest absolute Gasteiger partial charge is 0.251 e. The zero-order chi connectivity index (χ0) is 16.9. The topological polar surface area (TPSA) is 42.0 Å². The maximum atomic E-state index is 13.1. The molecule has 3 aromatic rings. The molecular formula is C18H14F2N2OS. The van der Waals surface area contributed by atoms with E-state index in [1.54, 1.807) is 11.3 Å². The van der Waals surface area contributed by atoms with Gasteiger partial charge in [0, 0.05) is 29.5 Å². The van der Waals surface area contributed by atoms with Crippen LogP contribution in [0.15, 0.2) is 53.9 Å². The van der Waals surface area contributed by atoms with Gasteiger partial charge in [-0.15, -0.1) is 11.3 Å². The third-order valence-electron chi connectivity index (χ3n) is 3.42. The highest BCUT2D eigenvalue weighted by Crippen LogP contribution is 2.23.